The van der Waals surface area contributed by atoms with Gasteiger partial charge in [0.15, 0.2) is 0 Å². The number of aliphatic hydroxyl groups excluding tert-OH is 1. The van der Waals surface area contributed by atoms with Crippen LogP contribution in [0, 0.1) is 0 Å². The minimum absolute atomic E-state index is 0.0328. The number of amides is 1. The molecule has 1 atom stereocenters. The molecule has 8 heteroatoms. The van der Waals surface area contributed by atoms with Crippen molar-refractivity contribution in [3.05, 3.63) is 99.5 Å². The van der Waals surface area contributed by atoms with Crippen LogP contribution in [0.5, 0.6) is 5.75 Å². The van der Waals surface area contributed by atoms with Crippen molar-refractivity contribution < 1.29 is 29.0 Å². The Morgan fingerprint density at radius 2 is 1.47 bits per heavy atom. The van der Waals surface area contributed by atoms with Crippen molar-refractivity contribution in [2.24, 2.45) is 0 Å². The van der Waals surface area contributed by atoms with E-state index in [1.54, 1.807) is 60.7 Å². The second-order valence-electron chi connectivity index (χ2n) is 7.49. The molecule has 3 aromatic rings. The Bertz CT molecular complexity index is 1280. The molecule has 0 bridgehead atoms. The van der Waals surface area contributed by atoms with Crippen molar-refractivity contribution in [3.63, 3.8) is 0 Å². The van der Waals surface area contributed by atoms with Crippen molar-refractivity contribution >= 4 is 45.0 Å². The molecule has 1 unspecified atom stereocenters. The zero-order valence-corrected chi connectivity index (χ0v) is 19.9. The largest absolute Gasteiger partial charge is 0.507 e. The summed E-state index contributed by atoms with van der Waals surface area (Å²) < 4.78 is 10.8. The topological polar surface area (TPSA) is 93.1 Å². The predicted molar refractivity (Wildman–Crippen MR) is 130 cm³/mol. The maximum Gasteiger partial charge on any atom is 0.337 e. The molecule has 4 rings (SSSR count). The minimum atomic E-state index is -0.890. The lowest BCUT2D eigenvalue weighted by Crippen LogP contribution is -2.29. The number of anilines is 1. The number of aliphatic hydroxyl groups is 1. The van der Waals surface area contributed by atoms with Crippen LogP contribution < -0.4 is 9.64 Å². The second kappa shape index (κ2) is 9.52. The average molecular weight is 522 g/mol. The van der Waals surface area contributed by atoms with Gasteiger partial charge in [-0.1, -0.05) is 40.2 Å². The van der Waals surface area contributed by atoms with Crippen molar-refractivity contribution in [2.75, 3.05) is 19.1 Å². The first-order chi connectivity index (χ1) is 16.3. The Kier molecular flexibility index (Phi) is 6.51. The maximum absolute atomic E-state index is 13.2. The zero-order chi connectivity index (χ0) is 24.4. The fraction of sp³-hybridized carbons (Fsp3) is 0.115. The highest BCUT2D eigenvalue weighted by Crippen LogP contribution is 2.42. The molecule has 1 amide bonds. The van der Waals surface area contributed by atoms with Gasteiger partial charge in [0.1, 0.15) is 11.5 Å². The first-order valence-electron chi connectivity index (χ1n) is 10.2. The summed E-state index contributed by atoms with van der Waals surface area (Å²) in [5, 5.41) is 11.1. The van der Waals surface area contributed by atoms with Crippen molar-refractivity contribution in [2.45, 2.75) is 6.04 Å². The number of halogens is 1. The molecule has 0 spiro atoms. The number of carbonyl (C=O) groups is 3. The fourth-order valence-electron chi connectivity index (χ4n) is 3.84. The van der Waals surface area contributed by atoms with Crippen LogP contribution in [0.3, 0.4) is 0 Å². The number of esters is 1. The van der Waals surface area contributed by atoms with Gasteiger partial charge in [0.25, 0.3) is 11.7 Å². The summed E-state index contributed by atoms with van der Waals surface area (Å²) in [5.41, 5.74) is 1.68. The number of methoxy groups -OCH3 is 2. The summed E-state index contributed by atoms with van der Waals surface area (Å²) in [7, 11) is 2.82. The highest BCUT2D eigenvalue weighted by atomic mass is 79.9. The third-order valence-corrected chi connectivity index (χ3v) is 6.09. The summed E-state index contributed by atoms with van der Waals surface area (Å²) in [6.45, 7) is 0. The number of carbonyl (C=O) groups excluding carboxylic acids is 3. The van der Waals surface area contributed by atoms with Gasteiger partial charge in [-0.05, 0) is 54.1 Å². The van der Waals surface area contributed by atoms with Gasteiger partial charge < -0.3 is 14.6 Å². The van der Waals surface area contributed by atoms with Crippen LogP contribution in [-0.2, 0) is 14.3 Å². The van der Waals surface area contributed by atoms with Crippen LogP contribution >= 0.6 is 15.9 Å². The first-order valence-corrected chi connectivity index (χ1v) is 11.0. The van der Waals surface area contributed by atoms with Crippen LogP contribution in [0.25, 0.3) is 5.76 Å². The van der Waals surface area contributed by atoms with Gasteiger partial charge in [0.05, 0.1) is 31.4 Å². The highest BCUT2D eigenvalue weighted by Gasteiger charge is 2.47. The molecule has 3 aromatic carbocycles. The lowest BCUT2D eigenvalue weighted by Gasteiger charge is -2.25. The Hall–Kier alpha value is -3.91. The summed E-state index contributed by atoms with van der Waals surface area (Å²) in [5.74, 6) is -1.78. The van der Waals surface area contributed by atoms with Crippen LogP contribution in [-0.4, -0.2) is 37.0 Å². The number of ether oxygens (including phenoxy) is 2. The molecule has 1 aliphatic rings. The molecule has 0 aliphatic carbocycles. The summed E-state index contributed by atoms with van der Waals surface area (Å²) in [6.07, 6.45) is 0. The number of Topliss-reactive ketones (excluding diaryl/α,β-unsaturated/α-hetero) is 1. The predicted octanol–water partition coefficient (Wildman–Crippen LogP) is 4.87. The van der Waals surface area contributed by atoms with Crippen LogP contribution in [0.4, 0.5) is 5.69 Å². The van der Waals surface area contributed by atoms with E-state index >= 15 is 0 Å². The molecule has 1 aliphatic heterocycles. The fourth-order valence-corrected chi connectivity index (χ4v) is 4.10. The highest BCUT2D eigenvalue weighted by molar-refractivity contribution is 9.10. The number of benzene rings is 3. The molecule has 34 heavy (non-hydrogen) atoms. The molecule has 0 saturated carbocycles. The second-order valence-corrected chi connectivity index (χ2v) is 8.40. The lowest BCUT2D eigenvalue weighted by atomic mass is 9.95. The van der Waals surface area contributed by atoms with Crippen molar-refractivity contribution in [1.82, 2.24) is 0 Å². The van der Waals surface area contributed by atoms with E-state index in [1.807, 2.05) is 0 Å². The standard InChI is InChI=1S/C26H20BrNO6/c1-33-20-13-7-15(8-14-20)22-21(23(29)16-3-9-18(27)10-4-16)24(30)25(31)28(22)19-11-5-17(6-12-19)26(32)34-2/h3-14,22,29H,1-2H3/b23-21+. The molecule has 0 radical (unpaired) electrons. The van der Waals surface area contributed by atoms with Gasteiger partial charge in [0.2, 0.25) is 0 Å². The van der Waals surface area contributed by atoms with Crippen LogP contribution in [0.1, 0.15) is 27.5 Å². The van der Waals surface area contributed by atoms with E-state index < -0.39 is 23.7 Å². The van der Waals surface area contributed by atoms with E-state index in [0.29, 0.717) is 28.1 Å². The van der Waals surface area contributed by atoms with E-state index in [-0.39, 0.29) is 11.3 Å². The van der Waals surface area contributed by atoms with Gasteiger partial charge in [-0.3, -0.25) is 14.5 Å². The number of nitrogens with zero attached hydrogens (tertiary/aromatic N) is 1. The third-order valence-electron chi connectivity index (χ3n) is 5.56. The number of hydrogen-bond acceptors (Lipinski definition) is 6. The number of ketones is 1. The summed E-state index contributed by atoms with van der Waals surface area (Å²) in [6, 6.07) is 19.0. The molecular formula is C26H20BrNO6. The van der Waals surface area contributed by atoms with Gasteiger partial charge in [-0.15, -0.1) is 0 Å². The van der Waals surface area contributed by atoms with E-state index in [0.717, 1.165) is 4.47 Å². The summed E-state index contributed by atoms with van der Waals surface area (Å²) in [4.78, 5) is 39.5. The molecule has 0 aromatic heterocycles. The van der Waals surface area contributed by atoms with Gasteiger partial charge in [0, 0.05) is 15.7 Å². The Balaban J connectivity index is 1.88. The smallest absolute Gasteiger partial charge is 0.337 e. The first kappa shape index (κ1) is 23.3. The zero-order valence-electron chi connectivity index (χ0n) is 18.3. The quantitative estimate of drug-likeness (QED) is 0.223. The molecule has 1 saturated heterocycles. The van der Waals surface area contributed by atoms with Gasteiger partial charge >= 0.3 is 5.97 Å². The monoisotopic (exact) mass is 521 g/mol. The van der Waals surface area contributed by atoms with E-state index in [2.05, 4.69) is 15.9 Å². The molecule has 7 nitrogen and oxygen atoms in total. The Labute approximate surface area is 204 Å². The Morgan fingerprint density at radius 1 is 0.882 bits per heavy atom. The van der Waals surface area contributed by atoms with E-state index in [1.165, 1.54) is 31.3 Å². The molecule has 1 N–H and O–H groups in total. The average Bonchev–Trinajstić information content (AvgIpc) is 3.14. The third kappa shape index (κ3) is 4.20. The molecule has 172 valence electrons. The lowest BCUT2D eigenvalue weighted by molar-refractivity contribution is -0.132. The van der Waals surface area contributed by atoms with Crippen molar-refractivity contribution in [1.29, 1.82) is 0 Å². The number of rotatable bonds is 5. The molecule has 1 heterocycles. The minimum Gasteiger partial charge on any atom is -0.507 e. The number of hydrogen-bond donors (Lipinski definition) is 1. The van der Waals surface area contributed by atoms with E-state index in [4.69, 9.17) is 9.47 Å². The van der Waals surface area contributed by atoms with E-state index in [9.17, 15) is 19.5 Å². The molecule has 1 fully saturated rings. The Morgan fingerprint density at radius 3 is 2.03 bits per heavy atom. The van der Waals surface area contributed by atoms with Crippen LogP contribution in [0.2, 0.25) is 0 Å². The summed E-state index contributed by atoms with van der Waals surface area (Å²) >= 11 is 3.35. The SMILES string of the molecule is COC(=O)c1ccc(N2C(=O)C(=O)/C(=C(/O)c3ccc(Br)cc3)C2c2ccc(OC)cc2)cc1. The van der Waals surface area contributed by atoms with Gasteiger partial charge in [-0.2, -0.15) is 0 Å². The van der Waals surface area contributed by atoms with Crippen LogP contribution in [0.15, 0.2) is 82.8 Å². The molecular weight excluding hydrogens is 502 g/mol. The van der Waals surface area contributed by atoms with Gasteiger partial charge in [-0.25, -0.2) is 4.79 Å². The normalized spacial score (nSPS) is 17.0. The van der Waals surface area contributed by atoms with Crippen molar-refractivity contribution in [3.8, 4) is 5.75 Å². The maximum atomic E-state index is 13.2.